The lowest BCUT2D eigenvalue weighted by molar-refractivity contribution is -0.137. The Morgan fingerprint density at radius 1 is 1.29 bits per heavy atom. The van der Waals surface area contributed by atoms with Crippen LogP contribution in [0.4, 0.5) is 5.69 Å². The van der Waals surface area contributed by atoms with Crippen molar-refractivity contribution < 1.29 is 9.90 Å². The first-order valence-electron chi connectivity index (χ1n) is 5.30. The third-order valence-corrected chi connectivity index (χ3v) is 3.36. The van der Waals surface area contributed by atoms with Crippen LogP contribution >= 0.6 is 11.3 Å². The van der Waals surface area contributed by atoms with E-state index in [1.807, 2.05) is 41.8 Å². The van der Waals surface area contributed by atoms with Gasteiger partial charge in [0.05, 0.1) is 0 Å². The van der Waals surface area contributed by atoms with Crippen molar-refractivity contribution in [2.24, 2.45) is 0 Å². The maximum atomic E-state index is 10.8. The van der Waals surface area contributed by atoms with Gasteiger partial charge in [-0.25, -0.2) is 0 Å². The number of rotatable bonds is 4. The number of nitrogens with one attached hydrogen (secondary N) is 1. The molecule has 3 nitrogen and oxygen atoms in total. The molecule has 1 heterocycles. The van der Waals surface area contributed by atoms with E-state index in [0.717, 1.165) is 16.1 Å². The molecule has 4 heteroatoms. The van der Waals surface area contributed by atoms with Crippen molar-refractivity contribution >= 4 is 23.0 Å². The average molecular weight is 247 g/mol. The van der Waals surface area contributed by atoms with Crippen LogP contribution in [0, 0.1) is 0 Å². The summed E-state index contributed by atoms with van der Waals surface area (Å²) in [5.74, 6) is -0.856. The van der Waals surface area contributed by atoms with Crippen LogP contribution in [0.15, 0.2) is 41.8 Å². The van der Waals surface area contributed by atoms with Crippen molar-refractivity contribution in [3.05, 3.63) is 41.8 Å². The van der Waals surface area contributed by atoms with Gasteiger partial charge in [-0.3, -0.25) is 4.79 Å². The predicted molar refractivity (Wildman–Crippen MR) is 70.5 cm³/mol. The van der Waals surface area contributed by atoms with Crippen molar-refractivity contribution in [3.63, 3.8) is 0 Å². The fourth-order valence-corrected chi connectivity index (χ4v) is 2.32. The van der Waals surface area contributed by atoms with E-state index < -0.39 is 12.0 Å². The highest BCUT2D eigenvalue weighted by molar-refractivity contribution is 7.13. The van der Waals surface area contributed by atoms with Crippen molar-refractivity contribution in [3.8, 4) is 10.4 Å². The molecule has 88 valence electrons. The number of benzene rings is 1. The first-order chi connectivity index (χ1) is 8.18. The van der Waals surface area contributed by atoms with E-state index in [9.17, 15) is 4.79 Å². The van der Waals surface area contributed by atoms with E-state index in [2.05, 4.69) is 5.32 Å². The van der Waals surface area contributed by atoms with Crippen molar-refractivity contribution in [2.45, 2.75) is 13.0 Å². The maximum Gasteiger partial charge on any atom is 0.325 e. The van der Waals surface area contributed by atoms with Gasteiger partial charge in [0.25, 0.3) is 0 Å². The fraction of sp³-hybridized carbons (Fsp3) is 0.154. The first kappa shape index (κ1) is 11.7. The minimum absolute atomic E-state index is 0.601. The van der Waals surface area contributed by atoms with E-state index in [1.54, 1.807) is 18.3 Å². The molecule has 2 N–H and O–H groups in total. The lowest BCUT2D eigenvalue weighted by Gasteiger charge is -2.14. The number of thiophene rings is 1. The Bertz CT molecular complexity index is 508. The average Bonchev–Trinajstić information content (AvgIpc) is 2.83. The normalized spacial score (nSPS) is 12.1. The summed E-state index contributed by atoms with van der Waals surface area (Å²) < 4.78 is 0. The zero-order chi connectivity index (χ0) is 12.3. The second-order valence-electron chi connectivity index (χ2n) is 3.73. The van der Waals surface area contributed by atoms with E-state index in [0.29, 0.717) is 0 Å². The molecule has 2 rings (SSSR count). The lowest BCUT2D eigenvalue weighted by atomic mass is 10.1. The molecule has 0 radical (unpaired) electrons. The van der Waals surface area contributed by atoms with Gasteiger partial charge in [-0.05, 0) is 24.4 Å². The third-order valence-electron chi connectivity index (χ3n) is 2.46. The van der Waals surface area contributed by atoms with Gasteiger partial charge in [-0.2, -0.15) is 0 Å². The molecule has 0 bridgehead atoms. The van der Waals surface area contributed by atoms with Crippen LogP contribution in [0.25, 0.3) is 10.4 Å². The molecule has 0 amide bonds. The van der Waals surface area contributed by atoms with E-state index in [1.165, 1.54) is 0 Å². The zero-order valence-electron chi connectivity index (χ0n) is 9.38. The van der Waals surface area contributed by atoms with Crippen LogP contribution in [0.3, 0.4) is 0 Å². The van der Waals surface area contributed by atoms with Gasteiger partial charge in [-0.15, -0.1) is 11.3 Å². The third kappa shape index (κ3) is 2.65. The summed E-state index contributed by atoms with van der Waals surface area (Å²) in [4.78, 5) is 12.0. The molecule has 0 saturated carbocycles. The van der Waals surface area contributed by atoms with Gasteiger partial charge in [0.1, 0.15) is 6.04 Å². The Morgan fingerprint density at radius 3 is 2.71 bits per heavy atom. The lowest BCUT2D eigenvalue weighted by Crippen LogP contribution is -2.25. The number of carbonyl (C=O) groups is 1. The second kappa shape index (κ2) is 5.01. The molecular weight excluding hydrogens is 234 g/mol. The summed E-state index contributed by atoms with van der Waals surface area (Å²) in [5, 5.41) is 13.9. The smallest absolute Gasteiger partial charge is 0.325 e. The van der Waals surface area contributed by atoms with Gasteiger partial charge in [0, 0.05) is 16.1 Å². The quantitative estimate of drug-likeness (QED) is 0.871. The standard InChI is InChI=1S/C13H13NO2S/c1-9(13(15)16)14-11-6-3-2-5-10(11)12-7-4-8-17-12/h2-9,14H,1H3,(H,15,16). The van der Waals surface area contributed by atoms with E-state index >= 15 is 0 Å². The number of carboxylic acids is 1. The largest absolute Gasteiger partial charge is 0.480 e. The van der Waals surface area contributed by atoms with Crippen LogP contribution in [-0.2, 0) is 4.79 Å². The molecule has 1 aromatic carbocycles. The van der Waals surface area contributed by atoms with E-state index in [4.69, 9.17) is 5.11 Å². The Balaban J connectivity index is 2.32. The number of aliphatic carboxylic acids is 1. The number of hydrogen-bond acceptors (Lipinski definition) is 3. The van der Waals surface area contributed by atoms with Crippen molar-refractivity contribution in [1.82, 2.24) is 0 Å². The maximum absolute atomic E-state index is 10.8. The van der Waals surface area contributed by atoms with Gasteiger partial charge in [0.15, 0.2) is 0 Å². The van der Waals surface area contributed by atoms with Crippen LogP contribution in [-0.4, -0.2) is 17.1 Å². The van der Waals surface area contributed by atoms with Crippen molar-refractivity contribution in [1.29, 1.82) is 0 Å². The Kier molecular flexibility index (Phi) is 3.44. The fourth-order valence-electron chi connectivity index (χ4n) is 1.55. The van der Waals surface area contributed by atoms with Gasteiger partial charge in [0.2, 0.25) is 0 Å². The zero-order valence-corrected chi connectivity index (χ0v) is 10.2. The van der Waals surface area contributed by atoms with Crippen molar-refractivity contribution in [2.75, 3.05) is 5.32 Å². The molecule has 1 aromatic heterocycles. The van der Waals surface area contributed by atoms with E-state index in [-0.39, 0.29) is 0 Å². The summed E-state index contributed by atoms with van der Waals surface area (Å²) in [6.45, 7) is 1.63. The highest BCUT2D eigenvalue weighted by Crippen LogP contribution is 2.31. The summed E-state index contributed by atoms with van der Waals surface area (Å²) in [6, 6.07) is 11.1. The predicted octanol–water partition coefficient (Wildman–Crippen LogP) is 3.30. The molecule has 1 atom stereocenters. The molecule has 0 spiro atoms. The minimum Gasteiger partial charge on any atom is -0.480 e. The first-order valence-corrected chi connectivity index (χ1v) is 6.18. The molecule has 2 aromatic rings. The minimum atomic E-state index is -0.856. The number of carboxylic acid groups (broad SMARTS) is 1. The molecule has 1 unspecified atom stereocenters. The van der Waals surface area contributed by atoms with Crippen LogP contribution in [0.1, 0.15) is 6.92 Å². The molecule has 0 aliphatic rings. The molecule has 0 aliphatic carbocycles. The summed E-state index contributed by atoms with van der Waals surface area (Å²) in [6.07, 6.45) is 0. The summed E-state index contributed by atoms with van der Waals surface area (Å²) >= 11 is 1.64. The highest BCUT2D eigenvalue weighted by atomic mass is 32.1. The van der Waals surface area contributed by atoms with Crippen LogP contribution < -0.4 is 5.32 Å². The SMILES string of the molecule is CC(Nc1ccccc1-c1cccs1)C(=O)O. The topological polar surface area (TPSA) is 49.3 Å². The molecule has 0 aliphatic heterocycles. The molecular formula is C13H13NO2S. The van der Waals surface area contributed by atoms with Gasteiger partial charge >= 0.3 is 5.97 Å². The Labute approximate surface area is 104 Å². The molecule has 0 fully saturated rings. The summed E-state index contributed by atoms with van der Waals surface area (Å²) in [7, 11) is 0. The van der Waals surface area contributed by atoms with Gasteiger partial charge in [-0.1, -0.05) is 24.3 Å². The van der Waals surface area contributed by atoms with Crippen LogP contribution in [0.5, 0.6) is 0 Å². The highest BCUT2D eigenvalue weighted by Gasteiger charge is 2.13. The molecule has 17 heavy (non-hydrogen) atoms. The summed E-state index contributed by atoms with van der Waals surface area (Å²) in [5.41, 5.74) is 1.89. The monoisotopic (exact) mass is 247 g/mol. The Morgan fingerprint density at radius 2 is 2.06 bits per heavy atom. The number of anilines is 1. The number of para-hydroxylation sites is 1. The second-order valence-corrected chi connectivity index (χ2v) is 4.67. The number of hydrogen-bond donors (Lipinski definition) is 2. The van der Waals surface area contributed by atoms with Crippen LogP contribution in [0.2, 0.25) is 0 Å². The Hall–Kier alpha value is -1.81. The molecule has 0 saturated heterocycles. The van der Waals surface area contributed by atoms with Gasteiger partial charge < -0.3 is 10.4 Å².